The van der Waals surface area contributed by atoms with Crippen molar-refractivity contribution in [2.75, 3.05) is 17.7 Å². The SMILES string of the molecule is COC(=O)C(Cc1ccc(NC(=O)c2c(Cl)cccc2Cl)cc1)NC(=O)Nc1cccnc1S(=O)(=O)c1ccc(Cl)cc1. The Labute approximate surface area is 262 Å². The number of pyridine rings is 1. The van der Waals surface area contributed by atoms with Crippen LogP contribution in [-0.2, 0) is 25.8 Å². The van der Waals surface area contributed by atoms with Crippen LogP contribution in [0.25, 0.3) is 0 Å². The van der Waals surface area contributed by atoms with E-state index in [1.54, 1.807) is 42.5 Å². The molecule has 0 spiro atoms. The molecular weight excluding hydrogens is 639 g/mol. The van der Waals surface area contributed by atoms with Gasteiger partial charge in [0.25, 0.3) is 5.91 Å². The third-order valence-corrected chi connectivity index (χ3v) is 8.64. The first-order valence-electron chi connectivity index (χ1n) is 12.4. The Morgan fingerprint density at radius 3 is 2.14 bits per heavy atom. The number of hydrogen-bond acceptors (Lipinski definition) is 7. The molecule has 0 aliphatic heterocycles. The molecule has 0 aliphatic carbocycles. The second-order valence-electron chi connectivity index (χ2n) is 8.94. The number of amides is 3. The normalized spacial score (nSPS) is 11.7. The van der Waals surface area contributed by atoms with E-state index in [2.05, 4.69) is 20.9 Å². The Hall–Kier alpha value is -4.16. The average molecular weight is 662 g/mol. The summed E-state index contributed by atoms with van der Waals surface area (Å²) in [6.45, 7) is 0. The molecule has 43 heavy (non-hydrogen) atoms. The van der Waals surface area contributed by atoms with E-state index in [4.69, 9.17) is 39.5 Å². The largest absolute Gasteiger partial charge is 0.467 e. The van der Waals surface area contributed by atoms with Crippen LogP contribution in [0.4, 0.5) is 16.2 Å². The molecule has 3 amide bonds. The second-order valence-corrected chi connectivity index (χ2v) is 12.1. The fourth-order valence-corrected chi connectivity index (χ4v) is 5.97. The Morgan fingerprint density at radius 1 is 0.860 bits per heavy atom. The number of urea groups is 1. The van der Waals surface area contributed by atoms with Crippen molar-refractivity contribution in [3.63, 3.8) is 0 Å². The first-order chi connectivity index (χ1) is 20.5. The van der Waals surface area contributed by atoms with E-state index in [9.17, 15) is 22.8 Å². The highest BCUT2D eigenvalue weighted by Gasteiger charge is 2.26. The van der Waals surface area contributed by atoms with E-state index in [1.807, 2.05) is 0 Å². The lowest BCUT2D eigenvalue weighted by atomic mass is 10.1. The summed E-state index contributed by atoms with van der Waals surface area (Å²) in [5, 5.41) is 8.03. The van der Waals surface area contributed by atoms with Crippen molar-refractivity contribution in [3.8, 4) is 0 Å². The van der Waals surface area contributed by atoms with Crippen LogP contribution in [0.1, 0.15) is 15.9 Å². The number of benzene rings is 3. The maximum atomic E-state index is 13.2. The zero-order valence-electron chi connectivity index (χ0n) is 22.3. The number of carbonyl (C=O) groups is 3. The molecule has 1 aromatic heterocycles. The molecule has 222 valence electrons. The lowest BCUT2D eigenvalue weighted by molar-refractivity contribution is -0.142. The predicted octanol–water partition coefficient (Wildman–Crippen LogP) is 6.03. The third kappa shape index (κ3) is 7.82. The van der Waals surface area contributed by atoms with E-state index in [1.165, 1.54) is 49.7 Å². The molecule has 3 N–H and O–H groups in total. The zero-order chi connectivity index (χ0) is 31.1. The van der Waals surface area contributed by atoms with Crippen molar-refractivity contribution in [2.24, 2.45) is 0 Å². The number of hydrogen-bond donors (Lipinski definition) is 3. The standard InChI is InChI=1S/C29H23Cl3N4O6S/c1-42-28(38)24(16-17-7-11-19(12-8-17)34-26(37)25-21(31)4-2-5-22(25)32)36-29(39)35-23-6-3-15-33-27(23)43(40,41)20-13-9-18(30)10-14-20/h2-15,24H,16H2,1H3,(H,34,37)(H2,35,36,39). The summed E-state index contributed by atoms with van der Waals surface area (Å²) >= 11 is 18.1. The molecule has 0 fully saturated rings. The molecule has 0 saturated carbocycles. The lowest BCUT2D eigenvalue weighted by Crippen LogP contribution is -2.45. The van der Waals surface area contributed by atoms with E-state index < -0.39 is 38.8 Å². The predicted molar refractivity (Wildman–Crippen MR) is 164 cm³/mol. The molecule has 4 aromatic rings. The second kappa shape index (κ2) is 13.9. The molecule has 1 atom stereocenters. The van der Waals surface area contributed by atoms with Gasteiger partial charge in [-0.25, -0.2) is 23.0 Å². The summed E-state index contributed by atoms with van der Waals surface area (Å²) < 4.78 is 31.2. The van der Waals surface area contributed by atoms with Gasteiger partial charge >= 0.3 is 12.0 Å². The molecule has 1 heterocycles. The number of aromatic nitrogens is 1. The number of sulfone groups is 1. The molecule has 4 rings (SSSR count). The molecule has 3 aromatic carbocycles. The van der Waals surface area contributed by atoms with Crippen molar-refractivity contribution in [2.45, 2.75) is 22.4 Å². The third-order valence-electron chi connectivity index (χ3n) is 6.03. The van der Waals surface area contributed by atoms with Crippen LogP contribution in [0.3, 0.4) is 0 Å². The number of nitrogens with one attached hydrogen (secondary N) is 3. The molecular formula is C29H23Cl3N4O6S. The van der Waals surface area contributed by atoms with Crippen molar-refractivity contribution in [1.29, 1.82) is 0 Å². The minimum atomic E-state index is -4.11. The first-order valence-corrected chi connectivity index (χ1v) is 15.1. The van der Waals surface area contributed by atoms with Gasteiger partial charge in [-0.15, -0.1) is 0 Å². The van der Waals surface area contributed by atoms with Crippen molar-refractivity contribution < 1.29 is 27.5 Å². The van der Waals surface area contributed by atoms with Crippen LogP contribution in [-0.4, -0.2) is 44.5 Å². The van der Waals surface area contributed by atoms with Crippen LogP contribution in [0.5, 0.6) is 0 Å². The smallest absolute Gasteiger partial charge is 0.328 e. The molecule has 0 bridgehead atoms. The highest BCUT2D eigenvalue weighted by Crippen LogP contribution is 2.27. The quantitative estimate of drug-likeness (QED) is 0.186. The summed E-state index contributed by atoms with van der Waals surface area (Å²) in [6.07, 6.45) is 1.30. The van der Waals surface area contributed by atoms with Gasteiger partial charge in [-0.2, -0.15) is 0 Å². The summed E-state index contributed by atoms with van der Waals surface area (Å²) in [4.78, 5) is 42.0. The van der Waals surface area contributed by atoms with E-state index in [0.29, 0.717) is 16.3 Å². The molecule has 0 aliphatic rings. The van der Waals surface area contributed by atoms with Gasteiger partial charge in [-0.1, -0.05) is 53.0 Å². The number of methoxy groups -OCH3 is 1. The van der Waals surface area contributed by atoms with Crippen LogP contribution < -0.4 is 16.0 Å². The number of rotatable bonds is 9. The van der Waals surface area contributed by atoms with Gasteiger partial charge in [0, 0.05) is 23.3 Å². The Morgan fingerprint density at radius 2 is 1.51 bits per heavy atom. The van der Waals surface area contributed by atoms with Gasteiger partial charge in [0.2, 0.25) is 9.84 Å². The van der Waals surface area contributed by atoms with Gasteiger partial charge in [0.05, 0.1) is 33.3 Å². The summed E-state index contributed by atoms with van der Waals surface area (Å²) in [6, 6.07) is 17.6. The van der Waals surface area contributed by atoms with Crippen molar-refractivity contribution in [3.05, 3.63) is 111 Å². The van der Waals surface area contributed by atoms with Crippen LogP contribution in [0.2, 0.25) is 15.1 Å². The Kier molecular flexibility index (Phi) is 10.3. The average Bonchev–Trinajstić information content (AvgIpc) is 2.97. The molecule has 1 unspecified atom stereocenters. The van der Waals surface area contributed by atoms with Gasteiger partial charge in [0.15, 0.2) is 5.03 Å². The lowest BCUT2D eigenvalue weighted by Gasteiger charge is -2.18. The Bertz CT molecular complexity index is 1750. The summed E-state index contributed by atoms with van der Waals surface area (Å²) in [5.74, 6) is -1.23. The van der Waals surface area contributed by atoms with Crippen LogP contribution >= 0.6 is 34.8 Å². The topological polar surface area (TPSA) is 144 Å². The minimum Gasteiger partial charge on any atom is -0.467 e. The fraction of sp³-hybridized carbons (Fsp3) is 0.103. The van der Waals surface area contributed by atoms with E-state index in [0.717, 1.165) is 0 Å². The maximum absolute atomic E-state index is 13.2. The Balaban J connectivity index is 1.46. The maximum Gasteiger partial charge on any atom is 0.328 e. The van der Waals surface area contributed by atoms with Crippen molar-refractivity contribution >= 4 is 73.9 Å². The van der Waals surface area contributed by atoms with Gasteiger partial charge in [0.1, 0.15) is 6.04 Å². The van der Waals surface area contributed by atoms with Gasteiger partial charge in [-0.05, 0) is 66.2 Å². The monoisotopic (exact) mass is 660 g/mol. The highest BCUT2D eigenvalue weighted by atomic mass is 35.5. The molecule has 14 heteroatoms. The molecule has 0 saturated heterocycles. The number of ether oxygens (including phenoxy) is 1. The van der Waals surface area contributed by atoms with Crippen LogP contribution in [0.15, 0.2) is 95.0 Å². The minimum absolute atomic E-state index is 0.0215. The van der Waals surface area contributed by atoms with Gasteiger partial charge < -0.3 is 20.7 Å². The van der Waals surface area contributed by atoms with Crippen LogP contribution in [0, 0.1) is 0 Å². The fourth-order valence-electron chi connectivity index (χ4n) is 3.95. The number of nitrogens with zero attached hydrogens (tertiary/aromatic N) is 1. The van der Waals surface area contributed by atoms with Gasteiger partial charge in [-0.3, -0.25) is 4.79 Å². The zero-order valence-corrected chi connectivity index (χ0v) is 25.4. The van der Waals surface area contributed by atoms with Crippen molar-refractivity contribution in [1.82, 2.24) is 10.3 Å². The number of halogens is 3. The van der Waals surface area contributed by atoms with E-state index >= 15 is 0 Å². The summed E-state index contributed by atoms with van der Waals surface area (Å²) in [5.41, 5.74) is 1.10. The number of carbonyl (C=O) groups excluding carboxylic acids is 3. The molecule has 0 radical (unpaired) electrons. The summed E-state index contributed by atoms with van der Waals surface area (Å²) in [7, 11) is -2.94. The molecule has 10 nitrogen and oxygen atoms in total. The first kappa shape index (κ1) is 31.8. The highest BCUT2D eigenvalue weighted by molar-refractivity contribution is 7.91. The number of anilines is 2. The number of esters is 1. The van der Waals surface area contributed by atoms with E-state index in [-0.39, 0.29) is 32.6 Å².